The summed E-state index contributed by atoms with van der Waals surface area (Å²) in [6.45, 7) is 3.62. The molecule has 0 saturated carbocycles. The van der Waals surface area contributed by atoms with Crippen LogP contribution in [0.2, 0.25) is 0 Å². The number of carbonyl (C=O) groups is 1. The second-order valence-corrected chi connectivity index (χ2v) is 3.23. The van der Waals surface area contributed by atoms with Crippen molar-refractivity contribution in [3.05, 3.63) is 12.7 Å². The number of hydrogen-bond acceptors (Lipinski definition) is 2. The number of carbonyl (C=O) groups excluding carboxylic acids is 1. The average molecular weight is 168 g/mol. The van der Waals surface area contributed by atoms with Gasteiger partial charge in [0.15, 0.2) is 0 Å². The molecule has 0 aromatic rings. The van der Waals surface area contributed by atoms with Gasteiger partial charge in [-0.05, 0) is 12.8 Å². The third-order valence-electron chi connectivity index (χ3n) is 2.25. The highest BCUT2D eigenvalue weighted by atomic mass is 16.1. The second kappa shape index (κ2) is 4.26. The SMILES string of the molecule is C=CC(N)C1CCCCC(=O)N1. The lowest BCUT2D eigenvalue weighted by Gasteiger charge is -2.19. The zero-order valence-electron chi connectivity index (χ0n) is 7.25. The van der Waals surface area contributed by atoms with E-state index in [0.29, 0.717) is 6.42 Å². The van der Waals surface area contributed by atoms with Gasteiger partial charge in [-0.15, -0.1) is 6.58 Å². The van der Waals surface area contributed by atoms with Gasteiger partial charge in [-0.1, -0.05) is 12.5 Å². The number of nitrogens with one attached hydrogen (secondary N) is 1. The Morgan fingerprint density at radius 2 is 2.42 bits per heavy atom. The zero-order valence-corrected chi connectivity index (χ0v) is 7.25. The van der Waals surface area contributed by atoms with Crippen LogP contribution < -0.4 is 11.1 Å². The molecule has 1 saturated heterocycles. The van der Waals surface area contributed by atoms with E-state index in [0.717, 1.165) is 19.3 Å². The maximum absolute atomic E-state index is 11.1. The highest BCUT2D eigenvalue weighted by molar-refractivity contribution is 5.76. The monoisotopic (exact) mass is 168 g/mol. The van der Waals surface area contributed by atoms with E-state index in [2.05, 4.69) is 11.9 Å². The van der Waals surface area contributed by atoms with Crippen LogP contribution in [0.4, 0.5) is 0 Å². The predicted octanol–water partition coefficient (Wildman–Crippen LogP) is 0.558. The lowest BCUT2D eigenvalue weighted by atomic mass is 10.0. The molecule has 0 bridgehead atoms. The Labute approximate surface area is 73.0 Å². The largest absolute Gasteiger partial charge is 0.351 e. The molecule has 3 heteroatoms. The smallest absolute Gasteiger partial charge is 0.220 e. The maximum Gasteiger partial charge on any atom is 0.220 e. The summed E-state index contributed by atoms with van der Waals surface area (Å²) in [4.78, 5) is 11.1. The van der Waals surface area contributed by atoms with Gasteiger partial charge in [-0.2, -0.15) is 0 Å². The Kier molecular flexibility index (Phi) is 3.29. The van der Waals surface area contributed by atoms with Crippen LogP contribution in [-0.2, 0) is 4.79 Å². The Morgan fingerprint density at radius 3 is 3.08 bits per heavy atom. The molecule has 1 fully saturated rings. The second-order valence-electron chi connectivity index (χ2n) is 3.23. The Hall–Kier alpha value is -0.830. The Bertz CT molecular complexity index is 179. The lowest BCUT2D eigenvalue weighted by molar-refractivity contribution is -0.121. The van der Waals surface area contributed by atoms with E-state index in [1.54, 1.807) is 6.08 Å². The summed E-state index contributed by atoms with van der Waals surface area (Å²) in [6, 6.07) is -0.00968. The van der Waals surface area contributed by atoms with Crippen LogP contribution in [0.15, 0.2) is 12.7 Å². The minimum Gasteiger partial charge on any atom is -0.351 e. The van der Waals surface area contributed by atoms with Crippen molar-refractivity contribution >= 4 is 5.91 Å². The van der Waals surface area contributed by atoms with Crippen molar-refractivity contribution in [2.45, 2.75) is 37.8 Å². The minimum atomic E-state index is -0.105. The molecule has 68 valence electrons. The molecular formula is C9H16N2O. The van der Waals surface area contributed by atoms with Gasteiger partial charge in [0.1, 0.15) is 0 Å². The van der Waals surface area contributed by atoms with E-state index in [1.165, 1.54) is 0 Å². The zero-order chi connectivity index (χ0) is 8.97. The number of rotatable bonds is 2. The average Bonchev–Trinajstić information content (AvgIpc) is 2.28. The minimum absolute atomic E-state index is 0.0949. The van der Waals surface area contributed by atoms with Gasteiger partial charge in [0.25, 0.3) is 0 Å². The summed E-state index contributed by atoms with van der Waals surface area (Å²) in [6.07, 6.45) is 5.35. The van der Waals surface area contributed by atoms with Crippen molar-refractivity contribution < 1.29 is 4.79 Å². The molecule has 3 N–H and O–H groups in total. The fraction of sp³-hybridized carbons (Fsp3) is 0.667. The van der Waals surface area contributed by atoms with Crippen LogP contribution in [0.25, 0.3) is 0 Å². The topological polar surface area (TPSA) is 55.1 Å². The first-order chi connectivity index (χ1) is 5.74. The molecule has 0 aliphatic carbocycles. The lowest BCUT2D eigenvalue weighted by Crippen LogP contribution is -2.45. The third kappa shape index (κ3) is 2.34. The highest BCUT2D eigenvalue weighted by Crippen LogP contribution is 2.11. The molecule has 0 spiro atoms. The van der Waals surface area contributed by atoms with Crippen molar-refractivity contribution in [1.82, 2.24) is 5.32 Å². The Balaban J connectivity index is 2.51. The summed E-state index contributed by atoms with van der Waals surface area (Å²) in [7, 11) is 0. The first kappa shape index (κ1) is 9.26. The number of amides is 1. The van der Waals surface area contributed by atoms with Crippen molar-refractivity contribution in [2.24, 2.45) is 5.73 Å². The molecular weight excluding hydrogens is 152 g/mol. The summed E-state index contributed by atoms with van der Waals surface area (Å²) >= 11 is 0. The molecule has 1 rings (SSSR count). The number of hydrogen-bond donors (Lipinski definition) is 2. The molecule has 1 aliphatic heterocycles. The van der Waals surface area contributed by atoms with Gasteiger partial charge in [-0.25, -0.2) is 0 Å². The summed E-state index contributed by atoms with van der Waals surface area (Å²) in [5.74, 6) is 0.120. The highest BCUT2D eigenvalue weighted by Gasteiger charge is 2.19. The quantitative estimate of drug-likeness (QED) is 0.592. The Morgan fingerprint density at radius 1 is 1.67 bits per heavy atom. The van der Waals surface area contributed by atoms with E-state index in [1.807, 2.05) is 0 Å². The van der Waals surface area contributed by atoms with Crippen LogP contribution in [-0.4, -0.2) is 18.0 Å². The first-order valence-corrected chi connectivity index (χ1v) is 4.41. The van der Waals surface area contributed by atoms with Crippen LogP contribution >= 0.6 is 0 Å². The number of nitrogens with two attached hydrogens (primary N) is 1. The summed E-state index contributed by atoms with van der Waals surface area (Å²) in [5.41, 5.74) is 5.75. The summed E-state index contributed by atoms with van der Waals surface area (Å²) in [5, 5.41) is 2.89. The molecule has 2 atom stereocenters. The molecule has 0 aromatic carbocycles. The molecule has 3 nitrogen and oxygen atoms in total. The molecule has 0 radical (unpaired) electrons. The molecule has 12 heavy (non-hydrogen) atoms. The van der Waals surface area contributed by atoms with Crippen molar-refractivity contribution in [3.8, 4) is 0 Å². The predicted molar refractivity (Wildman–Crippen MR) is 48.6 cm³/mol. The van der Waals surface area contributed by atoms with E-state index in [-0.39, 0.29) is 18.0 Å². The van der Waals surface area contributed by atoms with Crippen molar-refractivity contribution in [1.29, 1.82) is 0 Å². The normalized spacial score (nSPS) is 27.1. The molecule has 1 heterocycles. The van der Waals surface area contributed by atoms with Gasteiger partial charge in [0.05, 0.1) is 0 Å². The van der Waals surface area contributed by atoms with Gasteiger partial charge >= 0.3 is 0 Å². The third-order valence-corrected chi connectivity index (χ3v) is 2.25. The van der Waals surface area contributed by atoms with E-state index in [9.17, 15) is 4.79 Å². The van der Waals surface area contributed by atoms with Crippen molar-refractivity contribution in [2.75, 3.05) is 0 Å². The van der Waals surface area contributed by atoms with Gasteiger partial charge in [0.2, 0.25) is 5.91 Å². The van der Waals surface area contributed by atoms with Crippen molar-refractivity contribution in [3.63, 3.8) is 0 Å². The summed E-state index contributed by atoms with van der Waals surface area (Å²) < 4.78 is 0. The van der Waals surface area contributed by atoms with E-state index >= 15 is 0 Å². The van der Waals surface area contributed by atoms with Crippen LogP contribution in [0.1, 0.15) is 25.7 Å². The fourth-order valence-corrected chi connectivity index (χ4v) is 1.45. The van der Waals surface area contributed by atoms with Gasteiger partial charge < -0.3 is 11.1 Å². The van der Waals surface area contributed by atoms with E-state index in [4.69, 9.17) is 5.73 Å². The molecule has 2 unspecified atom stereocenters. The molecule has 1 aliphatic rings. The maximum atomic E-state index is 11.1. The standard InChI is InChI=1S/C9H16N2O/c1-2-7(10)8-5-3-4-6-9(12)11-8/h2,7-8H,1,3-6,10H2,(H,11,12). The van der Waals surface area contributed by atoms with E-state index < -0.39 is 0 Å². The van der Waals surface area contributed by atoms with Crippen LogP contribution in [0, 0.1) is 0 Å². The fourth-order valence-electron chi connectivity index (χ4n) is 1.45. The van der Waals surface area contributed by atoms with Gasteiger partial charge in [-0.3, -0.25) is 4.79 Å². The van der Waals surface area contributed by atoms with Gasteiger partial charge in [0, 0.05) is 18.5 Å². The first-order valence-electron chi connectivity index (χ1n) is 4.41. The van der Waals surface area contributed by atoms with Crippen LogP contribution in [0.3, 0.4) is 0 Å². The molecule has 0 aromatic heterocycles. The van der Waals surface area contributed by atoms with Crippen LogP contribution in [0.5, 0.6) is 0 Å². The molecule has 1 amide bonds.